The first-order valence-corrected chi connectivity index (χ1v) is 10.4. The van der Waals surface area contributed by atoms with Crippen molar-refractivity contribution in [3.05, 3.63) is 71.3 Å². The lowest BCUT2D eigenvalue weighted by molar-refractivity contribution is -0.140. The third kappa shape index (κ3) is 4.41. The second kappa shape index (κ2) is 8.81. The summed E-state index contributed by atoms with van der Waals surface area (Å²) in [6.45, 7) is 5.50. The van der Waals surface area contributed by atoms with Gasteiger partial charge in [-0.3, -0.25) is 19.3 Å². The summed E-state index contributed by atoms with van der Waals surface area (Å²) in [4.78, 5) is 42.5. The van der Waals surface area contributed by atoms with Gasteiger partial charge < -0.3 is 14.5 Å². The standard InChI is InChI=1S/C23H22ClN3O4/c1-16-19-4-2-3-5-20(19)23(30)27(16)14-21(28)25-10-12-26(13-11-25)22(29)15-31-18-8-6-17(24)7-9-18/h2-9H,1,10-15H2. The maximum Gasteiger partial charge on any atom is 0.260 e. The monoisotopic (exact) mass is 439 g/mol. The molecule has 2 aromatic rings. The van der Waals surface area contributed by atoms with Crippen LogP contribution in [0.15, 0.2) is 55.1 Å². The van der Waals surface area contributed by atoms with Crippen LogP contribution in [0.5, 0.6) is 5.75 Å². The fourth-order valence-electron chi connectivity index (χ4n) is 3.71. The minimum atomic E-state index is -0.206. The molecule has 0 N–H and O–H groups in total. The van der Waals surface area contributed by atoms with Crippen LogP contribution in [0.4, 0.5) is 0 Å². The topological polar surface area (TPSA) is 70.2 Å². The molecular weight excluding hydrogens is 418 g/mol. The number of carbonyl (C=O) groups is 3. The van der Waals surface area contributed by atoms with E-state index in [1.807, 2.05) is 12.1 Å². The number of ether oxygens (including phenoxy) is 1. The van der Waals surface area contributed by atoms with Gasteiger partial charge in [0.15, 0.2) is 6.61 Å². The molecule has 4 rings (SSSR count). The number of fused-ring (bicyclic) bond motifs is 1. The van der Waals surface area contributed by atoms with E-state index in [9.17, 15) is 14.4 Å². The van der Waals surface area contributed by atoms with Crippen LogP contribution < -0.4 is 4.74 Å². The van der Waals surface area contributed by atoms with Gasteiger partial charge in [-0.2, -0.15) is 0 Å². The molecule has 160 valence electrons. The molecule has 0 aromatic heterocycles. The number of hydrogen-bond acceptors (Lipinski definition) is 4. The van der Waals surface area contributed by atoms with E-state index in [4.69, 9.17) is 16.3 Å². The number of halogens is 1. The zero-order chi connectivity index (χ0) is 22.0. The summed E-state index contributed by atoms with van der Waals surface area (Å²) < 4.78 is 5.51. The quantitative estimate of drug-likeness (QED) is 0.717. The van der Waals surface area contributed by atoms with Crippen LogP contribution in [-0.2, 0) is 9.59 Å². The lowest BCUT2D eigenvalue weighted by Gasteiger charge is -2.35. The number of hydrogen-bond donors (Lipinski definition) is 0. The average Bonchev–Trinajstić information content (AvgIpc) is 3.03. The fourth-order valence-corrected chi connectivity index (χ4v) is 3.84. The summed E-state index contributed by atoms with van der Waals surface area (Å²) in [5.41, 5.74) is 1.87. The normalized spacial score (nSPS) is 15.8. The van der Waals surface area contributed by atoms with Gasteiger partial charge in [0.2, 0.25) is 5.91 Å². The van der Waals surface area contributed by atoms with E-state index in [1.54, 1.807) is 46.2 Å². The number of benzene rings is 2. The summed E-state index contributed by atoms with van der Waals surface area (Å²) in [6.07, 6.45) is 0. The predicted octanol–water partition coefficient (Wildman–Crippen LogP) is 2.52. The molecule has 0 bridgehead atoms. The first-order chi connectivity index (χ1) is 14.9. The molecule has 2 aromatic carbocycles. The highest BCUT2D eigenvalue weighted by atomic mass is 35.5. The highest BCUT2D eigenvalue weighted by Gasteiger charge is 2.33. The van der Waals surface area contributed by atoms with E-state index in [1.165, 1.54) is 4.90 Å². The number of nitrogens with zero attached hydrogens (tertiary/aromatic N) is 3. The molecule has 31 heavy (non-hydrogen) atoms. The van der Waals surface area contributed by atoms with Gasteiger partial charge in [0.05, 0.1) is 0 Å². The van der Waals surface area contributed by atoms with Crippen LogP contribution in [0, 0.1) is 0 Å². The third-order valence-electron chi connectivity index (χ3n) is 5.49. The predicted molar refractivity (Wildman–Crippen MR) is 117 cm³/mol. The molecule has 0 radical (unpaired) electrons. The van der Waals surface area contributed by atoms with Gasteiger partial charge in [0.25, 0.3) is 11.8 Å². The maximum atomic E-state index is 12.8. The Balaban J connectivity index is 1.26. The second-order valence-electron chi connectivity index (χ2n) is 7.39. The van der Waals surface area contributed by atoms with Crippen LogP contribution in [-0.4, -0.2) is 71.8 Å². The van der Waals surface area contributed by atoms with E-state index in [2.05, 4.69) is 6.58 Å². The molecule has 0 atom stereocenters. The fraction of sp³-hybridized carbons (Fsp3) is 0.261. The Bertz CT molecular complexity index is 994. The molecule has 0 aliphatic carbocycles. The molecule has 3 amide bonds. The van der Waals surface area contributed by atoms with Crippen molar-refractivity contribution in [1.29, 1.82) is 0 Å². The second-order valence-corrected chi connectivity index (χ2v) is 7.82. The van der Waals surface area contributed by atoms with Crippen LogP contribution in [0.3, 0.4) is 0 Å². The lowest BCUT2D eigenvalue weighted by atomic mass is 10.1. The summed E-state index contributed by atoms with van der Waals surface area (Å²) in [5, 5.41) is 0.600. The number of rotatable bonds is 5. The summed E-state index contributed by atoms with van der Waals surface area (Å²) in [7, 11) is 0. The smallest absolute Gasteiger partial charge is 0.260 e. The maximum absolute atomic E-state index is 12.8. The molecule has 2 heterocycles. The van der Waals surface area contributed by atoms with Gasteiger partial charge >= 0.3 is 0 Å². The van der Waals surface area contributed by atoms with E-state index in [-0.39, 0.29) is 30.9 Å². The van der Waals surface area contributed by atoms with Crippen molar-refractivity contribution in [3.63, 3.8) is 0 Å². The summed E-state index contributed by atoms with van der Waals surface area (Å²) in [6, 6.07) is 14.0. The van der Waals surface area contributed by atoms with Crippen LogP contribution in [0.2, 0.25) is 5.02 Å². The average molecular weight is 440 g/mol. The first-order valence-electron chi connectivity index (χ1n) is 9.98. The Hall–Kier alpha value is -3.32. The SMILES string of the molecule is C=C1c2ccccc2C(=O)N1CC(=O)N1CCN(C(=O)COc2ccc(Cl)cc2)CC1. The van der Waals surface area contributed by atoms with E-state index in [0.29, 0.717) is 48.2 Å². The largest absolute Gasteiger partial charge is 0.484 e. The first kappa shape index (κ1) is 20.9. The lowest BCUT2D eigenvalue weighted by Crippen LogP contribution is -2.53. The van der Waals surface area contributed by atoms with Crippen molar-refractivity contribution in [1.82, 2.24) is 14.7 Å². The third-order valence-corrected chi connectivity index (χ3v) is 5.75. The Labute approximate surface area is 185 Å². The van der Waals surface area contributed by atoms with Crippen molar-refractivity contribution < 1.29 is 19.1 Å². The number of carbonyl (C=O) groups excluding carboxylic acids is 3. The van der Waals surface area contributed by atoms with E-state index < -0.39 is 0 Å². The Morgan fingerprint density at radius 2 is 1.48 bits per heavy atom. The van der Waals surface area contributed by atoms with E-state index >= 15 is 0 Å². The minimum Gasteiger partial charge on any atom is -0.484 e. The van der Waals surface area contributed by atoms with Gasteiger partial charge in [-0.25, -0.2) is 0 Å². The van der Waals surface area contributed by atoms with Crippen LogP contribution >= 0.6 is 11.6 Å². The van der Waals surface area contributed by atoms with Gasteiger partial charge in [-0.15, -0.1) is 0 Å². The highest BCUT2D eigenvalue weighted by molar-refractivity contribution is 6.30. The Morgan fingerprint density at radius 3 is 2.10 bits per heavy atom. The van der Waals surface area contributed by atoms with Gasteiger partial charge in [0, 0.05) is 48.0 Å². The molecule has 1 saturated heterocycles. The molecule has 1 fully saturated rings. The summed E-state index contributed by atoms with van der Waals surface area (Å²) >= 11 is 5.84. The summed E-state index contributed by atoms with van der Waals surface area (Å²) in [5.74, 6) is 0.0672. The molecule has 0 spiro atoms. The molecule has 7 nitrogen and oxygen atoms in total. The Morgan fingerprint density at radius 1 is 0.903 bits per heavy atom. The zero-order valence-electron chi connectivity index (χ0n) is 16.9. The van der Waals surface area contributed by atoms with Crippen molar-refractivity contribution in [2.45, 2.75) is 0 Å². The Kier molecular flexibility index (Phi) is 5.95. The van der Waals surface area contributed by atoms with Crippen molar-refractivity contribution in [2.24, 2.45) is 0 Å². The molecule has 0 saturated carbocycles. The van der Waals surface area contributed by atoms with E-state index in [0.717, 1.165) is 5.56 Å². The molecule has 0 unspecified atom stereocenters. The van der Waals surface area contributed by atoms with Gasteiger partial charge in [-0.1, -0.05) is 36.4 Å². The van der Waals surface area contributed by atoms with Gasteiger partial charge in [0.1, 0.15) is 12.3 Å². The molecule has 2 aliphatic rings. The van der Waals surface area contributed by atoms with Crippen molar-refractivity contribution in [2.75, 3.05) is 39.3 Å². The van der Waals surface area contributed by atoms with Crippen LogP contribution in [0.1, 0.15) is 15.9 Å². The van der Waals surface area contributed by atoms with Crippen molar-refractivity contribution >= 4 is 35.0 Å². The molecule has 8 heteroatoms. The molecule has 2 aliphatic heterocycles. The highest BCUT2D eigenvalue weighted by Crippen LogP contribution is 2.31. The zero-order valence-corrected chi connectivity index (χ0v) is 17.7. The van der Waals surface area contributed by atoms with Crippen molar-refractivity contribution in [3.8, 4) is 5.75 Å². The van der Waals surface area contributed by atoms with Gasteiger partial charge in [-0.05, 0) is 30.3 Å². The van der Waals surface area contributed by atoms with Crippen LogP contribution in [0.25, 0.3) is 5.70 Å². The minimum absolute atomic E-state index is 0.0556. The molecular formula is C23H22ClN3O4. The number of amides is 3. The number of piperazine rings is 1.